The van der Waals surface area contributed by atoms with E-state index in [9.17, 15) is 0 Å². The van der Waals surface area contributed by atoms with Crippen LogP contribution in [0.15, 0.2) is 211 Å². The van der Waals surface area contributed by atoms with E-state index in [-0.39, 0.29) is 6.04 Å². The van der Waals surface area contributed by atoms with Gasteiger partial charge in [-0.15, -0.1) is 11.3 Å². The number of hydrogen-bond acceptors (Lipinski definition) is 4. The van der Waals surface area contributed by atoms with Gasteiger partial charge >= 0.3 is 0 Å². The molecule has 1 N–H and O–H groups in total. The number of nitrogens with zero attached hydrogens (tertiary/aromatic N) is 1. The van der Waals surface area contributed by atoms with E-state index in [0.717, 1.165) is 39.0 Å². The van der Waals surface area contributed by atoms with Crippen molar-refractivity contribution >= 4 is 70.5 Å². The van der Waals surface area contributed by atoms with Gasteiger partial charge < -0.3 is 14.6 Å². The maximum absolute atomic E-state index is 6.07. The molecule has 8 aromatic carbocycles. The third kappa shape index (κ3) is 6.08. The van der Waals surface area contributed by atoms with Gasteiger partial charge in [-0.1, -0.05) is 127 Å². The molecule has 10 aromatic rings. The molecular weight excluding hydrogens is 713 g/mol. The summed E-state index contributed by atoms with van der Waals surface area (Å²) in [6.45, 7) is 0. The van der Waals surface area contributed by atoms with Crippen molar-refractivity contribution in [2.45, 2.75) is 6.04 Å². The van der Waals surface area contributed by atoms with Crippen LogP contribution in [0.2, 0.25) is 0 Å². The van der Waals surface area contributed by atoms with Crippen molar-refractivity contribution in [2.75, 3.05) is 4.90 Å². The fourth-order valence-corrected chi connectivity index (χ4v) is 9.33. The molecule has 0 saturated carbocycles. The molecule has 11 rings (SSSR count). The van der Waals surface area contributed by atoms with Crippen LogP contribution in [0.1, 0.15) is 11.6 Å². The van der Waals surface area contributed by atoms with Crippen LogP contribution in [0.4, 0.5) is 17.1 Å². The van der Waals surface area contributed by atoms with Gasteiger partial charge in [-0.05, 0) is 118 Å². The first kappa shape index (κ1) is 33.2. The van der Waals surface area contributed by atoms with E-state index in [2.05, 4.69) is 192 Å². The lowest BCUT2D eigenvalue weighted by molar-refractivity contribution is 0.669. The molecule has 3 nitrogen and oxygen atoms in total. The number of hydrogen-bond donors (Lipinski definition) is 1. The predicted octanol–water partition coefficient (Wildman–Crippen LogP) is 15.1. The third-order valence-electron chi connectivity index (χ3n) is 11.2. The molecule has 0 aliphatic carbocycles. The Hall–Kier alpha value is -7.14. The highest BCUT2D eigenvalue weighted by molar-refractivity contribution is 7.25. The van der Waals surface area contributed by atoms with Crippen LogP contribution in [0.25, 0.3) is 75.5 Å². The van der Waals surface area contributed by atoms with Crippen molar-refractivity contribution in [3.05, 3.63) is 212 Å². The Balaban J connectivity index is 0.929. The molecule has 3 heterocycles. The number of thiophene rings is 1. The number of benzene rings is 8. The molecular formula is C53H36N2OS. The van der Waals surface area contributed by atoms with E-state index in [1.807, 2.05) is 35.7 Å². The molecule has 1 aliphatic heterocycles. The largest absolute Gasteiger partial charge is 0.456 e. The fraction of sp³-hybridized carbons (Fsp3) is 0.0189. The molecule has 0 bridgehead atoms. The molecule has 270 valence electrons. The molecule has 2 aromatic heterocycles. The summed E-state index contributed by atoms with van der Waals surface area (Å²) < 4.78 is 8.62. The molecule has 4 heteroatoms. The van der Waals surface area contributed by atoms with Crippen molar-refractivity contribution < 1.29 is 4.42 Å². The Labute approximate surface area is 335 Å². The summed E-state index contributed by atoms with van der Waals surface area (Å²) in [6, 6.07) is 66.1. The van der Waals surface area contributed by atoms with E-state index in [0.29, 0.717) is 0 Å². The van der Waals surface area contributed by atoms with Crippen LogP contribution in [0, 0.1) is 0 Å². The quantitative estimate of drug-likeness (QED) is 0.176. The lowest BCUT2D eigenvalue weighted by Crippen LogP contribution is -2.15. The first-order valence-electron chi connectivity index (χ1n) is 19.4. The number of rotatable bonds is 7. The topological polar surface area (TPSA) is 28.4 Å². The normalized spacial score (nSPS) is 13.8. The summed E-state index contributed by atoms with van der Waals surface area (Å²) in [6.07, 6.45) is 8.32. The lowest BCUT2D eigenvalue weighted by Gasteiger charge is -2.26. The second kappa shape index (κ2) is 13.9. The number of anilines is 3. The number of para-hydroxylation sites is 1. The number of fused-ring (bicyclic) bond motifs is 6. The second-order valence-corrected chi connectivity index (χ2v) is 15.7. The van der Waals surface area contributed by atoms with E-state index >= 15 is 0 Å². The summed E-state index contributed by atoms with van der Waals surface area (Å²) in [7, 11) is 0. The highest BCUT2D eigenvalue weighted by atomic mass is 32.1. The maximum Gasteiger partial charge on any atom is 0.135 e. The number of nitrogens with one attached hydrogen (secondary N) is 1. The van der Waals surface area contributed by atoms with Gasteiger partial charge in [-0.2, -0.15) is 0 Å². The molecule has 0 amide bonds. The van der Waals surface area contributed by atoms with E-state index in [1.54, 1.807) is 0 Å². The Bertz CT molecular complexity index is 3140. The average Bonchev–Trinajstić information content (AvgIpc) is 3.85. The Morgan fingerprint density at radius 1 is 0.421 bits per heavy atom. The standard InChI is InChI=1S/C53H36N2OS/c1-2-8-35(9-3-1)36-17-23-42(24-18-36)55(43-25-19-39(20-26-43)49-11-6-7-31-54-49)44-27-28-46-48-33-41(22-30-52(48)57-53(46)34-44)38-15-13-37(14-16-38)40-21-29-51-47(32-40)45-10-4-5-12-50(45)56-51/h1-34,49,54H. The number of furan rings is 1. The van der Waals surface area contributed by atoms with Gasteiger partial charge in [0, 0.05) is 48.0 Å². The zero-order valence-electron chi connectivity index (χ0n) is 31.0. The molecule has 0 saturated heterocycles. The van der Waals surface area contributed by atoms with Crippen LogP contribution < -0.4 is 10.2 Å². The van der Waals surface area contributed by atoms with Crippen molar-refractivity contribution in [3.63, 3.8) is 0 Å². The maximum atomic E-state index is 6.07. The van der Waals surface area contributed by atoms with Crippen LogP contribution >= 0.6 is 11.3 Å². The van der Waals surface area contributed by atoms with Gasteiger partial charge in [0.15, 0.2) is 0 Å². The number of allylic oxidation sites excluding steroid dienone is 2. The Morgan fingerprint density at radius 2 is 1.02 bits per heavy atom. The monoisotopic (exact) mass is 748 g/mol. The van der Waals surface area contributed by atoms with Gasteiger partial charge in [0.1, 0.15) is 11.2 Å². The summed E-state index contributed by atoms with van der Waals surface area (Å²) in [5.74, 6) is 0. The third-order valence-corrected chi connectivity index (χ3v) is 12.3. The minimum absolute atomic E-state index is 0.166. The van der Waals surface area contributed by atoms with Crippen LogP contribution in [-0.2, 0) is 0 Å². The molecule has 1 aliphatic rings. The highest BCUT2D eigenvalue weighted by Crippen LogP contribution is 2.42. The van der Waals surface area contributed by atoms with Crippen molar-refractivity contribution in [2.24, 2.45) is 0 Å². The fourth-order valence-electron chi connectivity index (χ4n) is 8.21. The second-order valence-electron chi connectivity index (χ2n) is 14.6. The van der Waals surface area contributed by atoms with E-state index in [4.69, 9.17) is 4.42 Å². The molecule has 0 fully saturated rings. The van der Waals surface area contributed by atoms with Crippen molar-refractivity contribution in [1.82, 2.24) is 5.32 Å². The van der Waals surface area contributed by atoms with Gasteiger partial charge in [0.25, 0.3) is 0 Å². The predicted molar refractivity (Wildman–Crippen MR) is 242 cm³/mol. The minimum atomic E-state index is 0.166. The van der Waals surface area contributed by atoms with Gasteiger partial charge in [-0.25, -0.2) is 0 Å². The van der Waals surface area contributed by atoms with Gasteiger partial charge in [-0.3, -0.25) is 0 Å². The SMILES string of the molecule is C1=CNC(c2ccc(N(c3ccc(-c4ccccc4)cc3)c3ccc4c(c3)sc3ccc(-c5ccc(-c6ccc7oc8ccccc8c7c6)cc5)cc34)cc2)C=C1. The molecule has 0 spiro atoms. The first-order valence-corrected chi connectivity index (χ1v) is 20.2. The molecule has 1 unspecified atom stereocenters. The van der Waals surface area contributed by atoms with Crippen molar-refractivity contribution in [3.8, 4) is 33.4 Å². The van der Waals surface area contributed by atoms with Crippen LogP contribution in [0.5, 0.6) is 0 Å². The Morgan fingerprint density at radius 3 is 1.77 bits per heavy atom. The average molecular weight is 749 g/mol. The van der Waals surface area contributed by atoms with Gasteiger partial charge in [0.2, 0.25) is 0 Å². The first-order chi connectivity index (χ1) is 28.2. The number of dihydropyridines is 1. The smallest absolute Gasteiger partial charge is 0.135 e. The zero-order valence-corrected chi connectivity index (χ0v) is 31.8. The molecule has 0 radical (unpaired) electrons. The summed E-state index contributed by atoms with van der Waals surface area (Å²) >= 11 is 1.85. The minimum Gasteiger partial charge on any atom is -0.456 e. The van der Waals surface area contributed by atoms with Crippen LogP contribution in [-0.4, -0.2) is 0 Å². The Kier molecular flexibility index (Phi) is 8.08. The van der Waals surface area contributed by atoms with Gasteiger partial charge in [0.05, 0.1) is 6.04 Å². The molecule has 57 heavy (non-hydrogen) atoms. The van der Waals surface area contributed by atoms with E-state index in [1.165, 1.54) is 59.1 Å². The summed E-state index contributed by atoms with van der Waals surface area (Å²) in [4.78, 5) is 2.37. The highest BCUT2D eigenvalue weighted by Gasteiger charge is 2.17. The zero-order chi connectivity index (χ0) is 37.7. The van der Waals surface area contributed by atoms with E-state index < -0.39 is 0 Å². The summed E-state index contributed by atoms with van der Waals surface area (Å²) in [5, 5.41) is 8.31. The van der Waals surface area contributed by atoms with Crippen molar-refractivity contribution in [1.29, 1.82) is 0 Å². The lowest BCUT2D eigenvalue weighted by atomic mass is 9.98. The van der Waals surface area contributed by atoms with Crippen LogP contribution in [0.3, 0.4) is 0 Å². The molecule has 1 atom stereocenters. The summed E-state index contributed by atoms with van der Waals surface area (Å²) in [5.41, 5.74) is 13.6.